The molecule has 0 atom stereocenters. The zero-order valence-electron chi connectivity index (χ0n) is 11.4. The molecule has 2 aromatic carbocycles. The number of hydrogen-bond acceptors (Lipinski definition) is 1. The highest BCUT2D eigenvalue weighted by molar-refractivity contribution is 6.31. The molecular weight excluding hydrogens is 282 g/mol. The molecule has 0 saturated heterocycles. The smallest absolute Gasteiger partial charge is 0.175 e. The number of hydrogen-bond donors (Lipinski definition) is 1. The molecule has 1 aliphatic rings. The van der Waals surface area contributed by atoms with Gasteiger partial charge in [-0.2, -0.15) is 0 Å². The lowest BCUT2D eigenvalue weighted by atomic mass is 9.87. The van der Waals surface area contributed by atoms with Crippen LogP contribution in [0, 0.1) is 0 Å². The molecule has 0 unspecified atom stereocenters. The molecule has 2 nitrogen and oxygen atoms in total. The Kier molecular flexibility index (Phi) is 2.69. The summed E-state index contributed by atoms with van der Waals surface area (Å²) in [5.74, 6) is 0.196. The Hall–Kier alpha value is -2.06. The summed E-state index contributed by atoms with van der Waals surface area (Å²) in [6.07, 6.45) is 3.65. The van der Waals surface area contributed by atoms with Crippen LogP contribution in [0.3, 0.4) is 0 Å². The molecule has 0 bridgehead atoms. The van der Waals surface area contributed by atoms with Gasteiger partial charge < -0.3 is 4.98 Å². The highest BCUT2D eigenvalue weighted by atomic mass is 35.5. The molecule has 3 aromatic rings. The highest BCUT2D eigenvalue weighted by Crippen LogP contribution is 2.51. The van der Waals surface area contributed by atoms with E-state index in [1.54, 1.807) is 0 Å². The largest absolute Gasteiger partial charge is 0.360 e. The lowest BCUT2D eigenvalue weighted by Crippen LogP contribution is -2.20. The first kappa shape index (κ1) is 12.7. The van der Waals surface area contributed by atoms with Gasteiger partial charge in [0.15, 0.2) is 5.78 Å². The Morgan fingerprint density at radius 1 is 1.10 bits per heavy atom. The van der Waals surface area contributed by atoms with E-state index in [1.165, 1.54) is 0 Å². The minimum Gasteiger partial charge on any atom is -0.360 e. The van der Waals surface area contributed by atoms with Crippen LogP contribution in [0.2, 0.25) is 5.02 Å². The summed E-state index contributed by atoms with van der Waals surface area (Å²) in [4.78, 5) is 16.2. The Morgan fingerprint density at radius 3 is 2.57 bits per heavy atom. The summed E-state index contributed by atoms with van der Waals surface area (Å²) in [5, 5.41) is 1.57. The van der Waals surface area contributed by atoms with Gasteiger partial charge >= 0.3 is 0 Å². The molecule has 0 spiro atoms. The SMILES string of the molecule is O=C(c1c[nH]c2ccc(Cl)cc12)C1(c2ccccc2)CC1. The van der Waals surface area contributed by atoms with E-state index in [2.05, 4.69) is 4.98 Å². The van der Waals surface area contributed by atoms with Crippen LogP contribution >= 0.6 is 11.6 Å². The maximum absolute atomic E-state index is 13.1. The molecule has 1 aromatic heterocycles. The number of ketones is 1. The first-order chi connectivity index (χ1) is 10.2. The molecule has 1 N–H and O–H groups in total. The van der Waals surface area contributed by atoms with Gasteiger partial charge in [-0.05, 0) is 36.6 Å². The van der Waals surface area contributed by atoms with Crippen LogP contribution in [-0.2, 0) is 5.41 Å². The van der Waals surface area contributed by atoms with Crippen molar-refractivity contribution in [3.05, 3.63) is 70.9 Å². The number of nitrogens with one attached hydrogen (secondary N) is 1. The normalized spacial score (nSPS) is 16.0. The molecule has 3 heteroatoms. The standard InChI is InChI=1S/C18H14ClNO/c19-13-6-7-16-14(10-13)15(11-20-16)17(21)18(8-9-18)12-4-2-1-3-5-12/h1-7,10-11,20H,8-9H2. The Balaban J connectivity index is 1.82. The van der Waals surface area contributed by atoms with Gasteiger partial charge in [0.1, 0.15) is 0 Å². The number of halogens is 1. The van der Waals surface area contributed by atoms with Crippen molar-refractivity contribution >= 4 is 28.3 Å². The van der Waals surface area contributed by atoms with E-state index in [0.717, 1.165) is 34.9 Å². The predicted molar refractivity (Wildman–Crippen MR) is 85.0 cm³/mol. The number of carbonyl (C=O) groups is 1. The van der Waals surface area contributed by atoms with Crippen molar-refractivity contribution in [1.82, 2.24) is 4.98 Å². The average Bonchev–Trinajstić information content (AvgIpc) is 3.23. The molecule has 1 heterocycles. The topological polar surface area (TPSA) is 32.9 Å². The van der Waals surface area contributed by atoms with E-state index < -0.39 is 0 Å². The van der Waals surface area contributed by atoms with Crippen LogP contribution in [0.25, 0.3) is 10.9 Å². The fourth-order valence-corrected chi connectivity index (χ4v) is 3.24. The van der Waals surface area contributed by atoms with Crippen molar-refractivity contribution in [2.75, 3.05) is 0 Å². The quantitative estimate of drug-likeness (QED) is 0.696. The molecule has 4 rings (SSSR count). The lowest BCUT2D eigenvalue weighted by molar-refractivity contribution is 0.0948. The number of benzene rings is 2. The van der Waals surface area contributed by atoms with E-state index in [0.29, 0.717) is 5.02 Å². The van der Waals surface area contributed by atoms with Crippen molar-refractivity contribution in [1.29, 1.82) is 0 Å². The summed E-state index contributed by atoms with van der Waals surface area (Å²) >= 11 is 6.07. The number of aromatic amines is 1. The van der Waals surface area contributed by atoms with E-state index in [4.69, 9.17) is 11.6 Å². The van der Waals surface area contributed by atoms with Gasteiger partial charge in [-0.25, -0.2) is 0 Å². The fraction of sp³-hybridized carbons (Fsp3) is 0.167. The van der Waals surface area contributed by atoms with Crippen LogP contribution in [0.15, 0.2) is 54.7 Å². The number of carbonyl (C=O) groups excluding carboxylic acids is 1. The molecule has 0 radical (unpaired) electrons. The molecule has 0 amide bonds. The van der Waals surface area contributed by atoms with Gasteiger partial charge in [-0.15, -0.1) is 0 Å². The minimum absolute atomic E-state index is 0.196. The van der Waals surface area contributed by atoms with Gasteiger partial charge in [0.05, 0.1) is 5.41 Å². The number of Topliss-reactive ketones (excluding diaryl/α,β-unsaturated/α-hetero) is 1. The Bertz CT molecular complexity index is 831. The summed E-state index contributed by atoms with van der Waals surface area (Å²) in [7, 11) is 0. The number of aromatic nitrogens is 1. The fourth-order valence-electron chi connectivity index (χ4n) is 3.07. The maximum atomic E-state index is 13.1. The third-order valence-electron chi connectivity index (χ3n) is 4.40. The molecule has 1 aliphatic carbocycles. The summed E-state index contributed by atoms with van der Waals surface area (Å²) in [6, 6.07) is 15.7. The summed E-state index contributed by atoms with van der Waals surface area (Å²) in [6.45, 7) is 0. The van der Waals surface area contributed by atoms with Crippen LogP contribution in [0.1, 0.15) is 28.8 Å². The van der Waals surface area contributed by atoms with Crippen LogP contribution < -0.4 is 0 Å². The van der Waals surface area contributed by atoms with E-state index in [1.807, 2.05) is 54.7 Å². The van der Waals surface area contributed by atoms with Gasteiger partial charge in [0.25, 0.3) is 0 Å². The third-order valence-corrected chi connectivity index (χ3v) is 4.63. The van der Waals surface area contributed by atoms with E-state index in [-0.39, 0.29) is 11.2 Å². The van der Waals surface area contributed by atoms with Crippen molar-refractivity contribution in [2.45, 2.75) is 18.3 Å². The van der Waals surface area contributed by atoms with E-state index >= 15 is 0 Å². The van der Waals surface area contributed by atoms with Crippen molar-refractivity contribution in [3.8, 4) is 0 Å². The van der Waals surface area contributed by atoms with Crippen LogP contribution in [0.4, 0.5) is 0 Å². The van der Waals surface area contributed by atoms with E-state index in [9.17, 15) is 4.79 Å². The number of rotatable bonds is 3. The molecule has 1 saturated carbocycles. The van der Waals surface area contributed by atoms with Gasteiger partial charge in [0, 0.05) is 27.7 Å². The molecule has 1 fully saturated rings. The highest BCUT2D eigenvalue weighted by Gasteiger charge is 2.51. The van der Waals surface area contributed by atoms with Crippen molar-refractivity contribution < 1.29 is 4.79 Å². The molecule has 104 valence electrons. The minimum atomic E-state index is -0.335. The van der Waals surface area contributed by atoms with Crippen molar-refractivity contribution in [2.24, 2.45) is 0 Å². The summed E-state index contributed by atoms with van der Waals surface area (Å²) < 4.78 is 0. The zero-order valence-corrected chi connectivity index (χ0v) is 12.2. The number of H-pyrrole nitrogens is 1. The number of fused-ring (bicyclic) bond motifs is 1. The predicted octanol–water partition coefficient (Wildman–Crippen LogP) is 4.74. The second kappa shape index (κ2) is 4.47. The Morgan fingerprint density at radius 2 is 1.86 bits per heavy atom. The van der Waals surface area contributed by atoms with Crippen LogP contribution in [-0.4, -0.2) is 10.8 Å². The van der Waals surface area contributed by atoms with Crippen molar-refractivity contribution in [3.63, 3.8) is 0 Å². The van der Waals surface area contributed by atoms with Gasteiger partial charge in [-0.3, -0.25) is 4.79 Å². The average molecular weight is 296 g/mol. The van der Waals surface area contributed by atoms with Crippen LogP contribution in [0.5, 0.6) is 0 Å². The monoisotopic (exact) mass is 295 g/mol. The third kappa shape index (κ3) is 1.90. The summed E-state index contributed by atoms with van der Waals surface area (Å²) in [5.41, 5.74) is 2.48. The van der Waals surface area contributed by atoms with Gasteiger partial charge in [0.2, 0.25) is 0 Å². The lowest BCUT2D eigenvalue weighted by Gasteiger charge is -2.14. The molecular formula is C18H14ClNO. The molecule has 0 aliphatic heterocycles. The first-order valence-corrected chi connectivity index (χ1v) is 7.45. The van der Waals surface area contributed by atoms with Gasteiger partial charge in [-0.1, -0.05) is 41.9 Å². The maximum Gasteiger partial charge on any atom is 0.175 e. The molecule has 21 heavy (non-hydrogen) atoms. The Labute approximate surface area is 127 Å². The second-order valence-corrected chi connectivity index (χ2v) is 6.11. The zero-order chi connectivity index (χ0) is 14.4. The second-order valence-electron chi connectivity index (χ2n) is 5.67. The first-order valence-electron chi connectivity index (χ1n) is 7.08.